The molecule has 7 heteroatoms. The fourth-order valence-corrected chi connectivity index (χ4v) is 1.51. The Morgan fingerprint density at radius 2 is 2.26 bits per heavy atom. The Morgan fingerprint density at radius 3 is 2.89 bits per heavy atom. The molecule has 0 aliphatic heterocycles. The molecule has 1 aromatic carbocycles. The van der Waals surface area contributed by atoms with Crippen LogP contribution in [0, 0.1) is 0 Å². The Kier molecular flexibility index (Phi) is 5.81. The van der Waals surface area contributed by atoms with Gasteiger partial charge >= 0.3 is 5.97 Å². The van der Waals surface area contributed by atoms with Gasteiger partial charge in [-0.1, -0.05) is 17.2 Å². The summed E-state index contributed by atoms with van der Waals surface area (Å²) in [5.41, 5.74) is 8.79. The molecule has 0 aromatic heterocycles. The molecule has 0 amide bonds. The molecule has 0 saturated heterocycles. The van der Waals surface area contributed by atoms with Crippen molar-refractivity contribution in [2.45, 2.75) is 19.1 Å². The summed E-state index contributed by atoms with van der Waals surface area (Å²) < 4.78 is 4.84. The Balaban J connectivity index is 2.86. The highest BCUT2D eigenvalue weighted by atomic mass is 16.5. The molecule has 0 heterocycles. The van der Waals surface area contributed by atoms with Gasteiger partial charge in [0.05, 0.1) is 24.8 Å². The standard InChI is InChI=1S/C12H15N3O4/c1-2-19-12(18)9-5-3-4-8(6-9)11(17)10(16)7-14-15-13/h3-6,10-11,16-17H,2,7H2,1H3. The van der Waals surface area contributed by atoms with Crippen molar-refractivity contribution in [1.82, 2.24) is 0 Å². The van der Waals surface area contributed by atoms with E-state index in [1.807, 2.05) is 0 Å². The summed E-state index contributed by atoms with van der Waals surface area (Å²) in [6.07, 6.45) is -2.46. The highest BCUT2D eigenvalue weighted by Crippen LogP contribution is 2.19. The Morgan fingerprint density at radius 1 is 1.53 bits per heavy atom. The summed E-state index contributed by atoms with van der Waals surface area (Å²) in [5.74, 6) is -0.499. The van der Waals surface area contributed by atoms with Gasteiger partial charge in [-0.2, -0.15) is 0 Å². The number of azide groups is 1. The highest BCUT2D eigenvalue weighted by molar-refractivity contribution is 5.89. The molecule has 102 valence electrons. The molecule has 0 aliphatic rings. The van der Waals surface area contributed by atoms with E-state index in [0.29, 0.717) is 5.56 Å². The zero-order valence-electron chi connectivity index (χ0n) is 10.4. The summed E-state index contributed by atoms with van der Waals surface area (Å²) in [7, 11) is 0. The van der Waals surface area contributed by atoms with E-state index in [4.69, 9.17) is 10.3 Å². The van der Waals surface area contributed by atoms with Crippen LogP contribution in [0.25, 0.3) is 10.4 Å². The number of esters is 1. The Hall–Kier alpha value is -2.08. The molecule has 2 N–H and O–H groups in total. The number of hydrogen-bond acceptors (Lipinski definition) is 5. The fourth-order valence-electron chi connectivity index (χ4n) is 1.51. The molecule has 0 saturated carbocycles. The zero-order chi connectivity index (χ0) is 14.3. The van der Waals surface area contributed by atoms with Crippen LogP contribution in [-0.4, -0.2) is 35.4 Å². The largest absolute Gasteiger partial charge is 0.462 e. The minimum atomic E-state index is -1.24. The average molecular weight is 265 g/mol. The molecule has 0 fully saturated rings. The fraction of sp³-hybridized carbons (Fsp3) is 0.417. The van der Waals surface area contributed by atoms with E-state index in [-0.39, 0.29) is 18.7 Å². The molecule has 7 nitrogen and oxygen atoms in total. The number of carbonyl (C=O) groups is 1. The van der Waals surface area contributed by atoms with Crippen LogP contribution in [0.3, 0.4) is 0 Å². The number of nitrogens with zero attached hydrogens (tertiary/aromatic N) is 3. The van der Waals surface area contributed by atoms with E-state index in [9.17, 15) is 15.0 Å². The summed E-state index contributed by atoms with van der Waals surface area (Å²) in [6.45, 7) is 1.70. The van der Waals surface area contributed by atoms with Crippen LogP contribution in [0.15, 0.2) is 29.4 Å². The minimum absolute atomic E-state index is 0.249. The highest BCUT2D eigenvalue weighted by Gasteiger charge is 2.19. The van der Waals surface area contributed by atoms with Gasteiger partial charge in [-0.25, -0.2) is 4.79 Å². The van der Waals surface area contributed by atoms with E-state index in [1.165, 1.54) is 6.07 Å². The minimum Gasteiger partial charge on any atom is -0.462 e. The topological polar surface area (TPSA) is 116 Å². The van der Waals surface area contributed by atoms with Crippen molar-refractivity contribution in [2.75, 3.05) is 13.2 Å². The van der Waals surface area contributed by atoms with Crippen LogP contribution in [-0.2, 0) is 4.74 Å². The molecular weight excluding hydrogens is 250 g/mol. The van der Waals surface area contributed by atoms with Crippen LogP contribution in [0.5, 0.6) is 0 Å². The number of aliphatic hydroxyl groups is 2. The predicted octanol–water partition coefficient (Wildman–Crippen LogP) is 1.57. The maximum Gasteiger partial charge on any atom is 0.338 e. The second-order valence-corrected chi connectivity index (χ2v) is 3.77. The summed E-state index contributed by atoms with van der Waals surface area (Å²) in [6, 6.07) is 6.12. The molecule has 0 bridgehead atoms. The van der Waals surface area contributed by atoms with E-state index >= 15 is 0 Å². The second-order valence-electron chi connectivity index (χ2n) is 3.77. The van der Waals surface area contributed by atoms with Crippen LogP contribution in [0.1, 0.15) is 28.9 Å². The number of rotatable bonds is 6. The van der Waals surface area contributed by atoms with Crippen molar-refractivity contribution in [3.05, 3.63) is 45.8 Å². The van der Waals surface area contributed by atoms with Gasteiger partial charge in [0.25, 0.3) is 0 Å². The maximum atomic E-state index is 11.5. The first-order chi connectivity index (χ1) is 9.10. The molecule has 0 spiro atoms. The summed E-state index contributed by atoms with van der Waals surface area (Å²) >= 11 is 0. The summed E-state index contributed by atoms with van der Waals surface area (Å²) in [4.78, 5) is 14.0. The van der Waals surface area contributed by atoms with Gasteiger partial charge in [-0.15, -0.1) is 0 Å². The van der Waals surface area contributed by atoms with E-state index in [2.05, 4.69) is 10.0 Å². The first kappa shape index (κ1) is 15.0. The maximum absolute atomic E-state index is 11.5. The Labute approximate surface area is 110 Å². The van der Waals surface area contributed by atoms with Crippen molar-refractivity contribution in [1.29, 1.82) is 0 Å². The molecule has 2 unspecified atom stereocenters. The average Bonchev–Trinajstić information content (AvgIpc) is 2.44. The third kappa shape index (κ3) is 4.26. The number of hydrogen-bond donors (Lipinski definition) is 2. The van der Waals surface area contributed by atoms with Crippen molar-refractivity contribution < 1.29 is 19.7 Å². The third-order valence-electron chi connectivity index (χ3n) is 2.44. The van der Waals surface area contributed by atoms with Crippen molar-refractivity contribution >= 4 is 5.97 Å². The van der Waals surface area contributed by atoms with E-state index < -0.39 is 18.2 Å². The molecule has 19 heavy (non-hydrogen) atoms. The molecule has 1 rings (SSSR count). The smallest absolute Gasteiger partial charge is 0.338 e. The Bertz CT molecular complexity index is 486. The second kappa shape index (κ2) is 7.38. The van der Waals surface area contributed by atoms with Gasteiger partial charge in [-0.3, -0.25) is 0 Å². The summed E-state index contributed by atoms with van der Waals surface area (Å²) in [5, 5.41) is 22.7. The van der Waals surface area contributed by atoms with Crippen LogP contribution >= 0.6 is 0 Å². The lowest BCUT2D eigenvalue weighted by Crippen LogP contribution is -2.21. The van der Waals surface area contributed by atoms with Gasteiger partial charge in [0, 0.05) is 4.91 Å². The van der Waals surface area contributed by atoms with Crippen LogP contribution in [0.2, 0.25) is 0 Å². The van der Waals surface area contributed by atoms with Crippen molar-refractivity contribution in [3.63, 3.8) is 0 Å². The van der Waals surface area contributed by atoms with Gasteiger partial charge in [0.15, 0.2) is 0 Å². The number of benzene rings is 1. The SMILES string of the molecule is CCOC(=O)c1cccc(C(O)C(O)CN=[N+]=[N-])c1. The monoisotopic (exact) mass is 265 g/mol. The van der Waals surface area contributed by atoms with Gasteiger partial charge in [-0.05, 0) is 30.2 Å². The number of aliphatic hydroxyl groups excluding tert-OH is 2. The lowest BCUT2D eigenvalue weighted by Gasteiger charge is -2.16. The van der Waals surface area contributed by atoms with Crippen molar-refractivity contribution in [2.24, 2.45) is 5.11 Å². The van der Waals surface area contributed by atoms with Crippen molar-refractivity contribution in [3.8, 4) is 0 Å². The molecule has 0 radical (unpaired) electrons. The molecule has 0 aliphatic carbocycles. The predicted molar refractivity (Wildman–Crippen MR) is 67.4 cm³/mol. The molecule has 1 aromatic rings. The lowest BCUT2D eigenvalue weighted by atomic mass is 10.0. The lowest BCUT2D eigenvalue weighted by molar-refractivity contribution is 0.0242. The third-order valence-corrected chi connectivity index (χ3v) is 2.44. The quantitative estimate of drug-likeness (QED) is 0.351. The normalized spacial score (nSPS) is 13.2. The van der Waals surface area contributed by atoms with E-state index in [1.54, 1.807) is 25.1 Å². The van der Waals surface area contributed by atoms with Crippen LogP contribution in [0.4, 0.5) is 0 Å². The first-order valence-electron chi connectivity index (χ1n) is 5.74. The van der Waals surface area contributed by atoms with Gasteiger partial charge in [0.1, 0.15) is 6.10 Å². The number of ether oxygens (including phenoxy) is 1. The number of carbonyl (C=O) groups excluding carboxylic acids is 1. The van der Waals surface area contributed by atoms with E-state index in [0.717, 1.165) is 0 Å². The van der Waals surface area contributed by atoms with Gasteiger partial charge in [0.2, 0.25) is 0 Å². The molecular formula is C12H15N3O4. The first-order valence-corrected chi connectivity index (χ1v) is 5.74. The van der Waals surface area contributed by atoms with Crippen LogP contribution < -0.4 is 0 Å². The molecule has 2 atom stereocenters. The van der Waals surface area contributed by atoms with Gasteiger partial charge < -0.3 is 14.9 Å². The zero-order valence-corrected chi connectivity index (χ0v) is 10.4.